The van der Waals surface area contributed by atoms with Crippen molar-refractivity contribution in [2.45, 2.75) is 4.90 Å². The third-order valence-electron chi connectivity index (χ3n) is 2.11. The van der Waals surface area contributed by atoms with Crippen molar-refractivity contribution in [1.82, 2.24) is 5.32 Å². The number of carbonyl (C=O) groups is 2. The van der Waals surface area contributed by atoms with Gasteiger partial charge in [0.05, 0.1) is 5.56 Å². The van der Waals surface area contributed by atoms with Gasteiger partial charge in [0.25, 0.3) is 0 Å². The molecule has 0 heterocycles. The zero-order chi connectivity index (χ0) is 13.9. The van der Waals surface area contributed by atoms with Crippen LogP contribution in [0.1, 0.15) is 10.4 Å². The zero-order valence-electron chi connectivity index (χ0n) is 9.31. The molecule has 0 aliphatic heterocycles. The molecule has 0 spiro atoms. The van der Waals surface area contributed by atoms with Gasteiger partial charge in [0.1, 0.15) is 16.5 Å². The highest BCUT2D eigenvalue weighted by Crippen LogP contribution is 2.18. The molecule has 0 saturated heterocycles. The number of sulfone groups is 1. The number of nitrogens with one attached hydrogen (secondary N) is 1. The third kappa shape index (κ3) is 3.04. The number of benzene rings is 1. The lowest BCUT2D eigenvalue weighted by Gasteiger charge is -2.06. The second kappa shape index (κ2) is 5.13. The lowest BCUT2D eigenvalue weighted by molar-refractivity contribution is -0.118. The first-order chi connectivity index (χ1) is 8.27. The van der Waals surface area contributed by atoms with E-state index in [1.165, 1.54) is 7.05 Å². The maximum Gasteiger partial charge on any atom is 0.335 e. The first-order valence-corrected chi connectivity index (χ1v) is 6.39. The van der Waals surface area contributed by atoms with E-state index in [1.807, 2.05) is 0 Å². The number of rotatable bonds is 4. The predicted molar refractivity (Wildman–Crippen MR) is 59.5 cm³/mol. The molecular formula is C10H10FNO5S. The van der Waals surface area contributed by atoms with Crippen molar-refractivity contribution < 1.29 is 27.5 Å². The maximum absolute atomic E-state index is 13.4. The Morgan fingerprint density at radius 2 is 2.00 bits per heavy atom. The normalized spacial score (nSPS) is 11.0. The standard InChI is InChI=1S/C10H10FNO5S/c1-12-9(13)5-18(16,17)8-4-6(10(14)15)2-3-7(8)11/h2-4H,5H2,1H3,(H,12,13)(H,14,15). The molecule has 1 aromatic rings. The summed E-state index contributed by atoms with van der Waals surface area (Å²) in [5, 5.41) is 10.8. The van der Waals surface area contributed by atoms with Crippen molar-refractivity contribution in [3.05, 3.63) is 29.6 Å². The lowest BCUT2D eigenvalue weighted by Crippen LogP contribution is -2.27. The number of carboxylic acids is 1. The third-order valence-corrected chi connectivity index (χ3v) is 3.74. The summed E-state index contributed by atoms with van der Waals surface area (Å²) in [4.78, 5) is 20.9. The molecule has 6 nitrogen and oxygen atoms in total. The molecule has 1 aromatic carbocycles. The van der Waals surface area contributed by atoms with Crippen LogP contribution in [0.15, 0.2) is 23.1 Å². The number of carboxylic acid groups (broad SMARTS) is 1. The van der Waals surface area contributed by atoms with E-state index in [-0.39, 0.29) is 5.56 Å². The molecule has 0 saturated carbocycles. The van der Waals surface area contributed by atoms with E-state index in [2.05, 4.69) is 5.32 Å². The van der Waals surface area contributed by atoms with Crippen LogP contribution >= 0.6 is 0 Å². The second-order valence-corrected chi connectivity index (χ2v) is 5.34. The molecule has 0 atom stereocenters. The smallest absolute Gasteiger partial charge is 0.335 e. The van der Waals surface area contributed by atoms with Gasteiger partial charge in [-0.3, -0.25) is 4.79 Å². The molecular weight excluding hydrogens is 265 g/mol. The number of halogens is 1. The van der Waals surface area contributed by atoms with Gasteiger partial charge in [-0.1, -0.05) is 0 Å². The molecule has 1 rings (SSSR count). The van der Waals surface area contributed by atoms with Gasteiger partial charge < -0.3 is 10.4 Å². The van der Waals surface area contributed by atoms with Crippen LogP contribution < -0.4 is 5.32 Å². The van der Waals surface area contributed by atoms with Gasteiger partial charge in [-0.25, -0.2) is 17.6 Å². The Kier molecular flexibility index (Phi) is 4.02. The minimum atomic E-state index is -4.21. The molecule has 1 amide bonds. The first kappa shape index (κ1) is 14.1. The van der Waals surface area contributed by atoms with Gasteiger partial charge in [-0.15, -0.1) is 0 Å². The van der Waals surface area contributed by atoms with Crippen molar-refractivity contribution in [1.29, 1.82) is 0 Å². The molecule has 0 unspecified atom stereocenters. The lowest BCUT2D eigenvalue weighted by atomic mass is 10.2. The second-order valence-electron chi connectivity index (χ2n) is 3.38. The Balaban J connectivity index is 3.27. The molecule has 0 radical (unpaired) electrons. The van der Waals surface area contributed by atoms with E-state index in [9.17, 15) is 22.4 Å². The molecule has 18 heavy (non-hydrogen) atoms. The van der Waals surface area contributed by atoms with Gasteiger partial charge in [-0.05, 0) is 18.2 Å². The summed E-state index contributed by atoms with van der Waals surface area (Å²) >= 11 is 0. The van der Waals surface area contributed by atoms with Gasteiger partial charge in [-0.2, -0.15) is 0 Å². The fraction of sp³-hybridized carbons (Fsp3) is 0.200. The fourth-order valence-corrected chi connectivity index (χ4v) is 2.51. The van der Waals surface area contributed by atoms with Crippen molar-refractivity contribution in [2.75, 3.05) is 12.8 Å². The van der Waals surface area contributed by atoms with Gasteiger partial charge in [0.2, 0.25) is 5.91 Å². The molecule has 0 aliphatic carbocycles. The van der Waals surface area contributed by atoms with Gasteiger partial charge in [0, 0.05) is 7.05 Å². The maximum atomic E-state index is 13.4. The van der Waals surface area contributed by atoms with Crippen molar-refractivity contribution in [3.8, 4) is 0 Å². The SMILES string of the molecule is CNC(=O)CS(=O)(=O)c1cc(C(=O)O)ccc1F. The van der Waals surface area contributed by atoms with Crippen molar-refractivity contribution in [2.24, 2.45) is 0 Å². The molecule has 0 fully saturated rings. The Morgan fingerprint density at radius 1 is 1.39 bits per heavy atom. The van der Waals surface area contributed by atoms with Crippen molar-refractivity contribution in [3.63, 3.8) is 0 Å². The summed E-state index contributed by atoms with van der Waals surface area (Å²) < 4.78 is 36.8. The topological polar surface area (TPSA) is 101 Å². The van der Waals surface area contributed by atoms with Crippen LogP contribution in [0.3, 0.4) is 0 Å². The Hall–Kier alpha value is -1.96. The molecule has 0 aliphatic rings. The average Bonchev–Trinajstić information content (AvgIpc) is 2.28. The minimum absolute atomic E-state index is 0.369. The zero-order valence-corrected chi connectivity index (χ0v) is 10.1. The monoisotopic (exact) mass is 275 g/mol. The van der Waals surface area contributed by atoms with Crippen LogP contribution in [0.25, 0.3) is 0 Å². The Morgan fingerprint density at radius 3 is 2.50 bits per heavy atom. The first-order valence-electron chi connectivity index (χ1n) is 4.74. The highest BCUT2D eigenvalue weighted by Gasteiger charge is 2.23. The van der Waals surface area contributed by atoms with Crippen molar-refractivity contribution >= 4 is 21.7 Å². The summed E-state index contributed by atoms with van der Waals surface area (Å²) in [6.45, 7) is 0. The highest BCUT2D eigenvalue weighted by atomic mass is 32.2. The van der Waals surface area contributed by atoms with Crippen LogP contribution in [-0.2, 0) is 14.6 Å². The summed E-state index contributed by atoms with van der Waals surface area (Å²) in [6, 6.07) is 2.37. The number of hydrogen-bond donors (Lipinski definition) is 2. The largest absolute Gasteiger partial charge is 0.478 e. The Bertz CT molecular complexity index is 596. The molecule has 0 bridgehead atoms. The Labute approximate surface area is 102 Å². The van der Waals surface area contributed by atoms with E-state index < -0.39 is 38.2 Å². The summed E-state index contributed by atoms with van der Waals surface area (Å²) in [7, 11) is -2.97. The number of aromatic carboxylic acids is 1. The minimum Gasteiger partial charge on any atom is -0.478 e. The molecule has 98 valence electrons. The summed E-state index contributed by atoms with van der Waals surface area (Å²) in [6.07, 6.45) is 0. The highest BCUT2D eigenvalue weighted by molar-refractivity contribution is 7.92. The number of hydrogen-bond acceptors (Lipinski definition) is 4. The molecule has 8 heteroatoms. The van der Waals surface area contributed by atoms with Gasteiger partial charge in [0.15, 0.2) is 9.84 Å². The van der Waals surface area contributed by atoms with Crippen LogP contribution in [-0.4, -0.2) is 38.2 Å². The van der Waals surface area contributed by atoms with Gasteiger partial charge >= 0.3 is 5.97 Å². The van der Waals surface area contributed by atoms with Crippen LogP contribution in [0.5, 0.6) is 0 Å². The van der Waals surface area contributed by atoms with E-state index in [0.717, 1.165) is 12.1 Å². The molecule has 2 N–H and O–H groups in total. The predicted octanol–water partition coefficient (Wildman–Crippen LogP) is 0.0436. The summed E-state index contributed by atoms with van der Waals surface area (Å²) in [5.41, 5.74) is -0.369. The van der Waals surface area contributed by atoms with E-state index in [4.69, 9.17) is 5.11 Å². The number of carbonyl (C=O) groups excluding carboxylic acids is 1. The number of amides is 1. The van der Waals surface area contributed by atoms with Crippen LogP contribution in [0.4, 0.5) is 4.39 Å². The van der Waals surface area contributed by atoms with E-state index in [0.29, 0.717) is 6.07 Å². The summed E-state index contributed by atoms with van der Waals surface area (Å²) in [5.74, 6) is -4.23. The van der Waals surface area contributed by atoms with Crippen LogP contribution in [0, 0.1) is 5.82 Å². The molecule has 0 aromatic heterocycles. The van der Waals surface area contributed by atoms with E-state index in [1.54, 1.807) is 0 Å². The quantitative estimate of drug-likeness (QED) is 0.808. The van der Waals surface area contributed by atoms with Crippen LogP contribution in [0.2, 0.25) is 0 Å². The average molecular weight is 275 g/mol. The van der Waals surface area contributed by atoms with E-state index >= 15 is 0 Å². The fourth-order valence-electron chi connectivity index (χ4n) is 1.20.